The predicted octanol–water partition coefficient (Wildman–Crippen LogP) is 10.2. The minimum absolute atomic E-state index is 0.562. The summed E-state index contributed by atoms with van der Waals surface area (Å²) in [5.74, 6) is 0.562. The zero-order valence-electron chi connectivity index (χ0n) is 25.1. The SMILES string of the molecule is c1ccc(C2(c3ccccc3)c3cccnc3-c3ncc(-c4cccc(-c5nc6cc7oc8ccccc8c7cc6o5)c4)cc32)cc1. The lowest BCUT2D eigenvalue weighted by Gasteiger charge is -2.33. The first-order valence-corrected chi connectivity index (χ1v) is 15.7. The van der Waals surface area contributed by atoms with Gasteiger partial charge in [-0.05, 0) is 58.7 Å². The maximum Gasteiger partial charge on any atom is 0.227 e. The second kappa shape index (κ2) is 9.83. The molecular formula is C42H25N3O2. The summed E-state index contributed by atoms with van der Waals surface area (Å²) in [6.45, 7) is 0. The highest BCUT2D eigenvalue weighted by molar-refractivity contribution is 6.08. The Hall–Kier alpha value is -6.33. The zero-order chi connectivity index (χ0) is 31.0. The van der Waals surface area contributed by atoms with Gasteiger partial charge in [0.15, 0.2) is 5.58 Å². The summed E-state index contributed by atoms with van der Waals surface area (Å²) in [6.07, 6.45) is 3.81. The largest absolute Gasteiger partial charge is 0.456 e. The first kappa shape index (κ1) is 25.9. The minimum atomic E-state index is -0.566. The summed E-state index contributed by atoms with van der Waals surface area (Å²) >= 11 is 0. The fourth-order valence-electron chi connectivity index (χ4n) is 7.41. The summed E-state index contributed by atoms with van der Waals surface area (Å²) in [4.78, 5) is 14.8. The quantitative estimate of drug-likeness (QED) is 0.200. The molecule has 0 bridgehead atoms. The van der Waals surface area contributed by atoms with E-state index in [4.69, 9.17) is 23.8 Å². The number of hydrogen-bond acceptors (Lipinski definition) is 5. The van der Waals surface area contributed by atoms with Crippen LogP contribution in [-0.2, 0) is 5.41 Å². The minimum Gasteiger partial charge on any atom is -0.456 e. The maximum absolute atomic E-state index is 6.36. The number of nitrogens with zero attached hydrogens (tertiary/aromatic N) is 3. The number of benzene rings is 5. The molecule has 0 radical (unpaired) electrons. The molecule has 10 rings (SSSR count). The molecule has 0 N–H and O–H groups in total. The van der Waals surface area contributed by atoms with Crippen molar-refractivity contribution in [1.29, 1.82) is 0 Å². The third kappa shape index (κ3) is 3.74. The molecule has 5 aromatic carbocycles. The van der Waals surface area contributed by atoms with Crippen LogP contribution in [0.1, 0.15) is 22.3 Å². The molecular weight excluding hydrogens is 578 g/mol. The van der Waals surface area contributed by atoms with E-state index in [1.54, 1.807) is 0 Å². The fraction of sp³-hybridized carbons (Fsp3) is 0.0238. The van der Waals surface area contributed by atoms with Gasteiger partial charge in [-0.1, -0.05) is 97.1 Å². The van der Waals surface area contributed by atoms with Crippen molar-refractivity contribution in [2.75, 3.05) is 0 Å². The lowest BCUT2D eigenvalue weighted by Crippen LogP contribution is -2.28. The van der Waals surface area contributed by atoms with E-state index >= 15 is 0 Å². The second-order valence-electron chi connectivity index (χ2n) is 12.0. The van der Waals surface area contributed by atoms with Gasteiger partial charge in [0.25, 0.3) is 0 Å². The van der Waals surface area contributed by atoms with E-state index in [-0.39, 0.29) is 0 Å². The van der Waals surface area contributed by atoms with E-state index in [1.807, 2.05) is 60.9 Å². The Labute approximate surface area is 269 Å². The lowest BCUT2D eigenvalue weighted by atomic mass is 9.68. The first-order chi connectivity index (χ1) is 23.3. The average Bonchev–Trinajstić information content (AvgIpc) is 3.81. The first-order valence-electron chi connectivity index (χ1n) is 15.7. The highest BCUT2D eigenvalue weighted by Gasteiger charge is 2.47. The molecule has 0 fully saturated rings. The van der Waals surface area contributed by atoms with E-state index in [1.165, 1.54) is 11.1 Å². The standard InChI is InChI=1S/C42H25N3O2/c1-3-13-29(14-4-1)42(30-15-5-2-6-16-30)33-18-10-20-43-39(33)40-34(42)22-28(25-44-40)26-11-9-12-27(21-26)41-45-35-24-37-32(23-38(35)47-41)31-17-7-8-19-36(31)46-37/h1-25H. The average molecular weight is 604 g/mol. The molecule has 0 amide bonds. The Morgan fingerprint density at radius 2 is 1.21 bits per heavy atom. The number of para-hydroxylation sites is 1. The van der Waals surface area contributed by atoms with E-state index in [0.29, 0.717) is 5.89 Å². The number of hydrogen-bond donors (Lipinski definition) is 0. The Morgan fingerprint density at radius 3 is 2.04 bits per heavy atom. The monoisotopic (exact) mass is 603 g/mol. The molecule has 9 aromatic rings. The number of rotatable bonds is 4. The van der Waals surface area contributed by atoms with Crippen molar-refractivity contribution < 1.29 is 8.83 Å². The third-order valence-electron chi connectivity index (χ3n) is 9.47. The molecule has 0 unspecified atom stereocenters. The molecule has 0 saturated heterocycles. The summed E-state index contributed by atoms with van der Waals surface area (Å²) in [7, 11) is 0. The van der Waals surface area contributed by atoms with Crippen molar-refractivity contribution in [3.05, 3.63) is 174 Å². The van der Waals surface area contributed by atoms with Gasteiger partial charge in [-0.25, -0.2) is 4.98 Å². The summed E-state index contributed by atoms with van der Waals surface area (Å²) in [5, 5.41) is 2.08. The topological polar surface area (TPSA) is 65.0 Å². The van der Waals surface area contributed by atoms with Crippen molar-refractivity contribution in [2.45, 2.75) is 5.41 Å². The predicted molar refractivity (Wildman–Crippen MR) is 185 cm³/mol. The van der Waals surface area contributed by atoms with E-state index in [9.17, 15) is 0 Å². The number of fused-ring (bicyclic) bond motifs is 7. The number of pyridine rings is 2. The van der Waals surface area contributed by atoms with Crippen molar-refractivity contribution >= 4 is 33.0 Å². The summed E-state index contributed by atoms with van der Waals surface area (Å²) in [5.41, 5.74) is 11.9. The van der Waals surface area contributed by atoms with Crippen LogP contribution in [0.15, 0.2) is 161 Å². The fourth-order valence-corrected chi connectivity index (χ4v) is 7.41. The molecule has 4 aromatic heterocycles. The molecule has 5 heteroatoms. The Kier molecular flexibility index (Phi) is 5.43. The van der Waals surface area contributed by atoms with Crippen molar-refractivity contribution in [2.24, 2.45) is 0 Å². The van der Waals surface area contributed by atoms with Crippen LogP contribution < -0.4 is 0 Å². The van der Waals surface area contributed by atoms with Crippen molar-refractivity contribution in [3.63, 3.8) is 0 Å². The smallest absolute Gasteiger partial charge is 0.227 e. The Morgan fingerprint density at radius 1 is 0.468 bits per heavy atom. The van der Waals surface area contributed by atoms with E-state index in [0.717, 1.165) is 72.2 Å². The van der Waals surface area contributed by atoms with Crippen molar-refractivity contribution in [1.82, 2.24) is 15.0 Å². The molecule has 1 aliphatic rings. The number of furan rings is 1. The summed E-state index contributed by atoms with van der Waals surface area (Å²) < 4.78 is 12.5. The highest BCUT2D eigenvalue weighted by Crippen LogP contribution is 2.55. The van der Waals surface area contributed by atoms with Gasteiger partial charge in [-0.2, -0.15) is 0 Å². The molecule has 0 atom stereocenters. The number of aromatic nitrogens is 3. The Balaban J connectivity index is 1.13. The van der Waals surface area contributed by atoms with Gasteiger partial charge < -0.3 is 8.83 Å². The molecule has 5 nitrogen and oxygen atoms in total. The van der Waals surface area contributed by atoms with Crippen LogP contribution in [0.4, 0.5) is 0 Å². The van der Waals surface area contributed by atoms with Gasteiger partial charge in [0.1, 0.15) is 16.7 Å². The van der Waals surface area contributed by atoms with Gasteiger partial charge in [0, 0.05) is 45.9 Å². The molecule has 0 spiro atoms. The van der Waals surface area contributed by atoms with Crippen molar-refractivity contribution in [3.8, 4) is 34.0 Å². The van der Waals surface area contributed by atoms with Gasteiger partial charge in [-0.3, -0.25) is 9.97 Å². The summed E-state index contributed by atoms with van der Waals surface area (Å²) in [6, 6.07) is 48.2. The molecule has 47 heavy (non-hydrogen) atoms. The number of oxazole rings is 1. The van der Waals surface area contributed by atoms with Gasteiger partial charge in [0.2, 0.25) is 5.89 Å². The van der Waals surface area contributed by atoms with Crippen LogP contribution in [0.2, 0.25) is 0 Å². The van der Waals surface area contributed by atoms with Crippen LogP contribution in [0.3, 0.4) is 0 Å². The lowest BCUT2D eigenvalue weighted by molar-refractivity contribution is 0.620. The Bertz CT molecular complexity index is 2600. The molecule has 1 aliphatic carbocycles. The molecule has 220 valence electrons. The molecule has 4 heterocycles. The van der Waals surface area contributed by atoms with E-state index < -0.39 is 5.41 Å². The van der Waals surface area contributed by atoms with Crippen LogP contribution >= 0.6 is 0 Å². The molecule has 0 saturated carbocycles. The van der Waals surface area contributed by atoms with Gasteiger partial charge in [0.05, 0.1) is 16.8 Å². The van der Waals surface area contributed by atoms with Crippen LogP contribution in [0.25, 0.3) is 67.0 Å². The maximum atomic E-state index is 6.36. The second-order valence-corrected chi connectivity index (χ2v) is 12.0. The molecule has 0 aliphatic heterocycles. The van der Waals surface area contributed by atoms with Crippen LogP contribution in [0, 0.1) is 0 Å². The van der Waals surface area contributed by atoms with Crippen LogP contribution in [-0.4, -0.2) is 15.0 Å². The zero-order valence-corrected chi connectivity index (χ0v) is 25.1. The van der Waals surface area contributed by atoms with Gasteiger partial charge >= 0.3 is 0 Å². The van der Waals surface area contributed by atoms with Gasteiger partial charge in [-0.15, -0.1) is 0 Å². The normalized spacial score (nSPS) is 13.3. The van der Waals surface area contributed by atoms with E-state index in [2.05, 4.69) is 91.0 Å². The highest BCUT2D eigenvalue weighted by atomic mass is 16.4. The van der Waals surface area contributed by atoms with Crippen LogP contribution in [0.5, 0.6) is 0 Å². The third-order valence-corrected chi connectivity index (χ3v) is 9.47.